The molecule has 0 aromatic heterocycles. The molecule has 0 saturated carbocycles. The Morgan fingerprint density at radius 1 is 1.53 bits per heavy atom. The van der Waals surface area contributed by atoms with E-state index >= 15 is 0 Å². The molecule has 1 aliphatic heterocycles. The van der Waals surface area contributed by atoms with E-state index in [1.165, 1.54) is 0 Å². The Morgan fingerprint density at radius 3 is 2.89 bits per heavy atom. The van der Waals surface area contributed by atoms with Crippen molar-refractivity contribution in [1.29, 1.82) is 0 Å². The Hall–Kier alpha value is -1.59. The fourth-order valence-electron chi connectivity index (χ4n) is 2.28. The van der Waals surface area contributed by atoms with E-state index in [4.69, 9.17) is 4.74 Å². The van der Waals surface area contributed by atoms with Crippen molar-refractivity contribution >= 4 is 11.6 Å². The smallest absolute Gasteiger partial charge is 0.267 e. The van der Waals surface area contributed by atoms with E-state index in [9.17, 15) is 9.90 Å². The number of aliphatic hydroxyl groups excluding tert-OH is 1. The number of nitrogens with one attached hydrogen (secondary N) is 1. The van der Waals surface area contributed by atoms with Gasteiger partial charge < -0.3 is 20.1 Å². The monoisotopic (exact) mass is 264 g/mol. The highest BCUT2D eigenvalue weighted by Gasteiger charge is 2.29. The van der Waals surface area contributed by atoms with E-state index in [0.29, 0.717) is 5.75 Å². The van der Waals surface area contributed by atoms with E-state index in [1.807, 2.05) is 25.1 Å². The Labute approximate surface area is 113 Å². The van der Waals surface area contributed by atoms with Crippen LogP contribution in [-0.2, 0) is 4.79 Å². The minimum atomic E-state index is -0.453. The van der Waals surface area contributed by atoms with Gasteiger partial charge in [0.25, 0.3) is 5.91 Å². The third-order valence-electron chi connectivity index (χ3n) is 3.36. The van der Waals surface area contributed by atoms with Gasteiger partial charge in [0.05, 0.1) is 18.3 Å². The predicted molar refractivity (Wildman–Crippen MR) is 73.4 cm³/mol. The number of anilines is 1. The first-order chi connectivity index (χ1) is 9.08. The van der Waals surface area contributed by atoms with Crippen molar-refractivity contribution < 1.29 is 14.6 Å². The maximum absolute atomic E-state index is 11.9. The maximum Gasteiger partial charge on any atom is 0.267 e. The third-order valence-corrected chi connectivity index (χ3v) is 3.36. The summed E-state index contributed by atoms with van der Waals surface area (Å²) in [7, 11) is 1.74. The quantitative estimate of drug-likeness (QED) is 0.854. The first-order valence-corrected chi connectivity index (χ1v) is 6.50. The lowest BCUT2D eigenvalue weighted by Gasteiger charge is -2.31. The number of amides is 1. The molecule has 0 fully saturated rings. The first kappa shape index (κ1) is 13.8. The van der Waals surface area contributed by atoms with E-state index in [2.05, 4.69) is 5.32 Å². The van der Waals surface area contributed by atoms with Crippen molar-refractivity contribution in [3.63, 3.8) is 0 Å². The summed E-state index contributed by atoms with van der Waals surface area (Å²) in [5.74, 6) is 0.639. The minimum absolute atomic E-state index is 0.0154. The normalized spacial score (nSPS) is 19.9. The van der Waals surface area contributed by atoms with Crippen LogP contribution in [0.15, 0.2) is 18.2 Å². The summed E-state index contributed by atoms with van der Waals surface area (Å²) >= 11 is 0. The fourth-order valence-corrected chi connectivity index (χ4v) is 2.28. The number of hydrogen-bond acceptors (Lipinski definition) is 4. The zero-order chi connectivity index (χ0) is 14.0. The van der Waals surface area contributed by atoms with Gasteiger partial charge in [0, 0.05) is 7.05 Å². The fraction of sp³-hybridized carbons (Fsp3) is 0.500. The number of aliphatic hydroxyl groups is 1. The lowest BCUT2D eigenvalue weighted by Crippen LogP contribution is -2.42. The molecule has 5 nitrogen and oxygen atoms in total. The number of likely N-dealkylation sites (N-methyl/N-ethyl adjacent to an activating group) is 2. The van der Waals surface area contributed by atoms with Gasteiger partial charge in [0.15, 0.2) is 6.10 Å². The summed E-state index contributed by atoms with van der Waals surface area (Å²) in [6, 6.07) is 5.53. The van der Waals surface area contributed by atoms with Gasteiger partial charge in [0.2, 0.25) is 0 Å². The van der Waals surface area contributed by atoms with Crippen LogP contribution in [0.5, 0.6) is 5.75 Å². The van der Waals surface area contributed by atoms with Crippen LogP contribution in [0.3, 0.4) is 0 Å². The molecule has 0 radical (unpaired) electrons. The van der Waals surface area contributed by atoms with E-state index in [-0.39, 0.29) is 18.6 Å². The predicted octanol–water partition coefficient (Wildman–Crippen LogP) is 1.07. The topological polar surface area (TPSA) is 61.8 Å². The molecule has 1 aliphatic rings. The Morgan fingerprint density at radius 2 is 2.26 bits per heavy atom. The van der Waals surface area contributed by atoms with Gasteiger partial charge in [-0.1, -0.05) is 13.0 Å². The average molecular weight is 264 g/mol. The molecule has 1 amide bonds. The molecule has 1 heterocycles. The van der Waals surface area contributed by atoms with Gasteiger partial charge in [-0.2, -0.15) is 0 Å². The zero-order valence-corrected chi connectivity index (χ0v) is 11.5. The van der Waals surface area contributed by atoms with Crippen LogP contribution in [0.4, 0.5) is 5.69 Å². The lowest BCUT2D eigenvalue weighted by molar-refractivity contribution is -0.125. The SMILES string of the molecule is CCNC(CO)c1ccc2c(c1)N(C)C(=O)C(C)O2. The van der Waals surface area contributed by atoms with Crippen LogP contribution in [-0.4, -0.2) is 37.3 Å². The second kappa shape index (κ2) is 5.59. The van der Waals surface area contributed by atoms with Gasteiger partial charge in [-0.15, -0.1) is 0 Å². The number of ether oxygens (including phenoxy) is 1. The number of carbonyl (C=O) groups is 1. The summed E-state index contributed by atoms with van der Waals surface area (Å²) in [4.78, 5) is 13.5. The van der Waals surface area contributed by atoms with Crippen molar-refractivity contribution in [3.8, 4) is 5.75 Å². The second-order valence-corrected chi connectivity index (χ2v) is 4.68. The zero-order valence-electron chi connectivity index (χ0n) is 11.5. The molecule has 2 atom stereocenters. The maximum atomic E-state index is 11.9. The lowest BCUT2D eigenvalue weighted by atomic mass is 10.0. The second-order valence-electron chi connectivity index (χ2n) is 4.68. The van der Waals surface area contributed by atoms with Crippen LogP contribution < -0.4 is 15.0 Å². The van der Waals surface area contributed by atoms with Gasteiger partial charge in [0.1, 0.15) is 5.75 Å². The molecule has 2 unspecified atom stereocenters. The van der Waals surface area contributed by atoms with Gasteiger partial charge in [-0.05, 0) is 31.2 Å². The standard InChI is InChI=1S/C14H20N2O3/c1-4-15-11(8-17)10-5-6-13-12(7-10)16(3)14(18)9(2)19-13/h5-7,9,11,15,17H,4,8H2,1-3H3. The number of carbonyl (C=O) groups excluding carboxylic acids is 1. The number of benzene rings is 1. The molecule has 0 saturated heterocycles. The largest absolute Gasteiger partial charge is 0.479 e. The Kier molecular flexibility index (Phi) is 4.07. The first-order valence-electron chi connectivity index (χ1n) is 6.50. The van der Waals surface area contributed by atoms with Crippen LogP contribution in [0.2, 0.25) is 0 Å². The van der Waals surface area contributed by atoms with Gasteiger partial charge in [-0.3, -0.25) is 4.79 Å². The van der Waals surface area contributed by atoms with Crippen molar-refractivity contribution in [2.24, 2.45) is 0 Å². The van der Waals surface area contributed by atoms with Crippen LogP contribution in [0, 0.1) is 0 Å². The number of nitrogens with zero attached hydrogens (tertiary/aromatic N) is 1. The van der Waals surface area contributed by atoms with E-state index < -0.39 is 6.10 Å². The number of rotatable bonds is 4. The highest BCUT2D eigenvalue weighted by Crippen LogP contribution is 2.35. The summed E-state index contributed by atoms with van der Waals surface area (Å²) in [6.45, 7) is 4.51. The Balaban J connectivity index is 2.35. The third kappa shape index (κ3) is 2.57. The molecule has 0 aliphatic carbocycles. The number of hydrogen-bond donors (Lipinski definition) is 2. The van der Waals surface area contributed by atoms with Gasteiger partial charge >= 0.3 is 0 Å². The average Bonchev–Trinajstić information content (AvgIpc) is 2.42. The molecule has 2 rings (SSSR count). The molecule has 1 aromatic rings. The summed E-state index contributed by atoms with van der Waals surface area (Å²) < 4.78 is 5.57. The van der Waals surface area contributed by atoms with E-state index in [0.717, 1.165) is 17.8 Å². The Bertz CT molecular complexity index is 476. The van der Waals surface area contributed by atoms with Crippen LogP contribution in [0.25, 0.3) is 0 Å². The summed E-state index contributed by atoms with van der Waals surface area (Å²) in [5, 5.41) is 12.6. The molecule has 19 heavy (non-hydrogen) atoms. The van der Waals surface area contributed by atoms with Crippen molar-refractivity contribution in [2.45, 2.75) is 26.0 Å². The molecular weight excluding hydrogens is 244 g/mol. The van der Waals surface area contributed by atoms with Crippen molar-refractivity contribution in [2.75, 3.05) is 25.1 Å². The highest BCUT2D eigenvalue weighted by atomic mass is 16.5. The molecule has 1 aromatic carbocycles. The molecule has 104 valence electrons. The molecule has 0 bridgehead atoms. The molecule has 0 spiro atoms. The molecular formula is C14H20N2O3. The molecule has 2 N–H and O–H groups in total. The van der Waals surface area contributed by atoms with E-state index in [1.54, 1.807) is 18.9 Å². The minimum Gasteiger partial charge on any atom is -0.479 e. The number of fused-ring (bicyclic) bond motifs is 1. The highest BCUT2D eigenvalue weighted by molar-refractivity contribution is 5.99. The van der Waals surface area contributed by atoms with Crippen LogP contribution >= 0.6 is 0 Å². The van der Waals surface area contributed by atoms with Crippen molar-refractivity contribution in [1.82, 2.24) is 5.32 Å². The molecule has 5 heteroatoms. The van der Waals surface area contributed by atoms with Crippen molar-refractivity contribution in [3.05, 3.63) is 23.8 Å². The van der Waals surface area contributed by atoms with Gasteiger partial charge in [-0.25, -0.2) is 0 Å². The van der Waals surface area contributed by atoms with Crippen LogP contribution in [0.1, 0.15) is 25.5 Å². The summed E-state index contributed by atoms with van der Waals surface area (Å²) in [6.07, 6.45) is -0.453. The summed E-state index contributed by atoms with van der Waals surface area (Å²) in [5.41, 5.74) is 1.69.